The molecule has 0 aromatic heterocycles. The molecule has 2 rings (SSSR count). The van der Waals surface area contributed by atoms with Crippen molar-refractivity contribution in [2.75, 3.05) is 7.11 Å². The van der Waals surface area contributed by atoms with Crippen LogP contribution in [-0.2, 0) is 9.84 Å². The van der Waals surface area contributed by atoms with Crippen LogP contribution in [0.15, 0.2) is 59.5 Å². The Morgan fingerprint density at radius 3 is 2.05 bits per heavy atom. The highest BCUT2D eigenvalue weighted by atomic mass is 32.2. The molecule has 0 fully saturated rings. The fourth-order valence-corrected chi connectivity index (χ4v) is 4.13. The third kappa shape index (κ3) is 3.25. The maximum Gasteiger partial charge on any atom is 0.187 e. The van der Waals surface area contributed by atoms with Crippen LogP contribution >= 0.6 is 0 Å². The summed E-state index contributed by atoms with van der Waals surface area (Å²) < 4.78 is 30.5. The van der Waals surface area contributed by atoms with E-state index in [1.807, 2.05) is 0 Å². The predicted octanol–water partition coefficient (Wildman–Crippen LogP) is 2.59. The minimum Gasteiger partial charge on any atom is -0.497 e. The molecule has 0 amide bonds. The quantitative estimate of drug-likeness (QED) is 0.922. The number of aliphatic hydroxyl groups excluding tert-OH is 1. The molecule has 0 bridgehead atoms. The highest BCUT2D eigenvalue weighted by Crippen LogP contribution is 2.32. The number of aliphatic hydroxyl groups is 1. The SMILES string of the molecule is COc1ccc(C(C(C)O)S(=O)(=O)c2ccccc2)cc1. The average Bonchev–Trinajstić information content (AvgIpc) is 2.48. The van der Waals surface area contributed by atoms with Crippen molar-refractivity contribution in [3.63, 3.8) is 0 Å². The first kappa shape index (κ1) is 15.5. The first-order valence-corrected chi connectivity index (χ1v) is 8.12. The number of sulfone groups is 1. The number of benzene rings is 2. The van der Waals surface area contributed by atoms with Gasteiger partial charge in [0.1, 0.15) is 11.0 Å². The summed E-state index contributed by atoms with van der Waals surface area (Å²) in [7, 11) is -2.12. The lowest BCUT2D eigenvalue weighted by Gasteiger charge is -2.21. The van der Waals surface area contributed by atoms with Crippen molar-refractivity contribution in [2.24, 2.45) is 0 Å². The minimum absolute atomic E-state index is 0.201. The fourth-order valence-electron chi connectivity index (χ4n) is 2.27. The number of hydrogen-bond donors (Lipinski definition) is 1. The second-order valence-corrected chi connectivity index (χ2v) is 6.86. The van der Waals surface area contributed by atoms with Crippen LogP contribution in [0.3, 0.4) is 0 Å². The molecule has 0 aliphatic rings. The molecule has 0 saturated heterocycles. The van der Waals surface area contributed by atoms with E-state index < -0.39 is 21.2 Å². The van der Waals surface area contributed by atoms with Gasteiger partial charge in [-0.05, 0) is 36.8 Å². The second kappa shape index (κ2) is 6.28. The van der Waals surface area contributed by atoms with Gasteiger partial charge >= 0.3 is 0 Å². The molecule has 0 saturated carbocycles. The van der Waals surface area contributed by atoms with E-state index in [1.165, 1.54) is 19.1 Å². The van der Waals surface area contributed by atoms with Gasteiger partial charge in [-0.3, -0.25) is 0 Å². The molecule has 2 atom stereocenters. The minimum atomic E-state index is -3.66. The Bertz CT molecular complexity index is 676. The molecule has 0 radical (unpaired) electrons. The smallest absolute Gasteiger partial charge is 0.187 e. The molecule has 0 aliphatic carbocycles. The van der Waals surface area contributed by atoms with E-state index in [4.69, 9.17) is 4.74 Å². The zero-order valence-corrected chi connectivity index (χ0v) is 12.7. The zero-order chi connectivity index (χ0) is 15.5. The summed E-state index contributed by atoms with van der Waals surface area (Å²) in [5.74, 6) is 0.639. The van der Waals surface area contributed by atoms with Crippen LogP contribution in [-0.4, -0.2) is 26.7 Å². The molecule has 4 nitrogen and oxygen atoms in total. The molecular formula is C16H18O4S. The molecule has 0 heterocycles. The van der Waals surface area contributed by atoms with Gasteiger partial charge in [-0.2, -0.15) is 0 Å². The molecule has 21 heavy (non-hydrogen) atoms. The summed E-state index contributed by atoms with van der Waals surface area (Å²) in [5, 5.41) is 8.97. The number of ether oxygens (including phenoxy) is 1. The van der Waals surface area contributed by atoms with Gasteiger partial charge in [0.25, 0.3) is 0 Å². The van der Waals surface area contributed by atoms with Gasteiger partial charge in [0, 0.05) is 0 Å². The van der Waals surface area contributed by atoms with Crippen molar-refractivity contribution >= 4 is 9.84 Å². The fraction of sp³-hybridized carbons (Fsp3) is 0.250. The lowest BCUT2D eigenvalue weighted by Crippen LogP contribution is -2.24. The Kier molecular flexibility index (Phi) is 4.65. The van der Waals surface area contributed by atoms with E-state index in [0.717, 1.165) is 0 Å². The molecule has 112 valence electrons. The van der Waals surface area contributed by atoms with Crippen molar-refractivity contribution in [1.29, 1.82) is 0 Å². The summed E-state index contributed by atoms with van der Waals surface area (Å²) in [6.07, 6.45) is -1.02. The Hall–Kier alpha value is -1.85. The van der Waals surface area contributed by atoms with Crippen molar-refractivity contribution in [3.8, 4) is 5.75 Å². The van der Waals surface area contributed by atoms with Gasteiger partial charge in [0.05, 0.1) is 18.1 Å². The molecule has 2 aromatic rings. The van der Waals surface area contributed by atoms with E-state index in [1.54, 1.807) is 49.6 Å². The molecule has 2 unspecified atom stereocenters. The normalized spacial score (nSPS) is 14.4. The Balaban J connectivity index is 2.48. The van der Waals surface area contributed by atoms with Gasteiger partial charge in [0.15, 0.2) is 9.84 Å². The summed E-state index contributed by atoms with van der Waals surface area (Å²) >= 11 is 0. The molecule has 0 spiro atoms. The second-order valence-electron chi connectivity index (χ2n) is 4.79. The van der Waals surface area contributed by atoms with Gasteiger partial charge in [-0.15, -0.1) is 0 Å². The van der Waals surface area contributed by atoms with Crippen LogP contribution in [0.4, 0.5) is 0 Å². The van der Waals surface area contributed by atoms with Gasteiger partial charge in [-0.25, -0.2) is 8.42 Å². The first-order chi connectivity index (χ1) is 9.96. The van der Waals surface area contributed by atoms with Crippen molar-refractivity contribution in [1.82, 2.24) is 0 Å². The van der Waals surface area contributed by atoms with Gasteiger partial charge in [-0.1, -0.05) is 30.3 Å². The van der Waals surface area contributed by atoms with Crippen molar-refractivity contribution in [3.05, 3.63) is 60.2 Å². The van der Waals surface area contributed by atoms with Crippen LogP contribution in [0.2, 0.25) is 0 Å². The Morgan fingerprint density at radius 2 is 1.57 bits per heavy atom. The third-order valence-electron chi connectivity index (χ3n) is 3.29. The maximum atomic E-state index is 12.7. The first-order valence-electron chi connectivity index (χ1n) is 6.58. The number of hydrogen-bond acceptors (Lipinski definition) is 4. The average molecular weight is 306 g/mol. The highest BCUT2D eigenvalue weighted by Gasteiger charge is 2.32. The van der Waals surface area contributed by atoms with Gasteiger partial charge < -0.3 is 9.84 Å². The number of rotatable bonds is 5. The van der Waals surface area contributed by atoms with Crippen LogP contribution in [0.5, 0.6) is 5.75 Å². The summed E-state index contributed by atoms with van der Waals surface area (Å²) in [5.41, 5.74) is 0.537. The van der Waals surface area contributed by atoms with E-state index in [2.05, 4.69) is 0 Å². The molecule has 0 aliphatic heterocycles. The largest absolute Gasteiger partial charge is 0.497 e. The van der Waals surface area contributed by atoms with Crippen LogP contribution in [0.25, 0.3) is 0 Å². The van der Waals surface area contributed by atoms with Crippen LogP contribution in [0, 0.1) is 0 Å². The summed E-state index contributed by atoms with van der Waals surface area (Å²) in [6, 6.07) is 14.9. The zero-order valence-electron chi connectivity index (χ0n) is 11.9. The van der Waals surface area contributed by atoms with Crippen molar-refractivity contribution in [2.45, 2.75) is 23.2 Å². The van der Waals surface area contributed by atoms with E-state index in [0.29, 0.717) is 11.3 Å². The monoisotopic (exact) mass is 306 g/mol. The molecule has 5 heteroatoms. The Morgan fingerprint density at radius 1 is 1.00 bits per heavy atom. The molecular weight excluding hydrogens is 288 g/mol. The van der Waals surface area contributed by atoms with E-state index in [9.17, 15) is 13.5 Å². The summed E-state index contributed by atoms with van der Waals surface area (Å²) in [6.45, 7) is 1.48. The summed E-state index contributed by atoms with van der Waals surface area (Å²) in [4.78, 5) is 0.201. The number of methoxy groups -OCH3 is 1. The lowest BCUT2D eigenvalue weighted by atomic mass is 10.1. The van der Waals surface area contributed by atoms with Gasteiger partial charge in [0.2, 0.25) is 0 Å². The molecule has 1 N–H and O–H groups in total. The van der Waals surface area contributed by atoms with E-state index >= 15 is 0 Å². The predicted molar refractivity (Wildman–Crippen MR) is 81.0 cm³/mol. The third-order valence-corrected chi connectivity index (χ3v) is 5.55. The van der Waals surface area contributed by atoms with Crippen LogP contribution < -0.4 is 4.74 Å². The Labute approximate surface area is 124 Å². The van der Waals surface area contributed by atoms with E-state index in [-0.39, 0.29) is 4.90 Å². The lowest BCUT2D eigenvalue weighted by molar-refractivity contribution is 0.188. The highest BCUT2D eigenvalue weighted by molar-refractivity contribution is 7.91. The molecule has 2 aromatic carbocycles. The maximum absolute atomic E-state index is 12.7. The topological polar surface area (TPSA) is 63.6 Å². The van der Waals surface area contributed by atoms with Crippen LogP contribution in [0.1, 0.15) is 17.7 Å². The van der Waals surface area contributed by atoms with Crippen molar-refractivity contribution < 1.29 is 18.3 Å². The standard InChI is InChI=1S/C16H18O4S/c1-12(17)16(13-8-10-14(20-2)11-9-13)21(18,19)15-6-4-3-5-7-15/h3-12,16-17H,1-2H3.